The summed E-state index contributed by atoms with van der Waals surface area (Å²) in [6, 6.07) is 8.89. The smallest absolute Gasteiger partial charge is 0.310 e. The number of hydrogen-bond acceptors (Lipinski definition) is 7. The van der Waals surface area contributed by atoms with Crippen LogP contribution < -0.4 is 4.74 Å². The van der Waals surface area contributed by atoms with E-state index in [2.05, 4.69) is 4.98 Å². The molecule has 0 spiro atoms. The van der Waals surface area contributed by atoms with Crippen LogP contribution in [0.15, 0.2) is 29.6 Å². The van der Waals surface area contributed by atoms with E-state index >= 15 is 0 Å². The Morgan fingerprint density at radius 2 is 2.04 bits per heavy atom. The summed E-state index contributed by atoms with van der Waals surface area (Å²) in [7, 11) is 1.56. The van der Waals surface area contributed by atoms with Gasteiger partial charge in [-0.2, -0.15) is 5.26 Å². The fourth-order valence-electron chi connectivity index (χ4n) is 1.97. The molecule has 0 fully saturated rings. The van der Waals surface area contributed by atoms with Gasteiger partial charge in [0.25, 0.3) is 0 Å². The molecule has 1 aromatic heterocycles. The number of nitriles is 1. The minimum absolute atomic E-state index is 0.0465. The normalized spacial score (nSPS) is 11.4. The van der Waals surface area contributed by atoms with Crippen molar-refractivity contribution in [3.63, 3.8) is 0 Å². The highest BCUT2D eigenvalue weighted by Crippen LogP contribution is 2.20. The van der Waals surface area contributed by atoms with Gasteiger partial charge in [-0.25, -0.2) is 4.98 Å². The van der Waals surface area contributed by atoms with Crippen molar-refractivity contribution in [1.29, 1.82) is 5.26 Å². The Morgan fingerprint density at radius 3 is 2.58 bits per heavy atom. The number of aryl methyl sites for hydroxylation is 1. The van der Waals surface area contributed by atoms with Gasteiger partial charge in [-0.3, -0.25) is 9.59 Å². The number of ketones is 1. The van der Waals surface area contributed by atoms with Crippen molar-refractivity contribution in [2.24, 2.45) is 0 Å². The lowest BCUT2D eigenvalue weighted by molar-refractivity contribution is -0.147. The molecule has 1 heterocycles. The van der Waals surface area contributed by atoms with Crippen LogP contribution in [0, 0.1) is 18.3 Å². The fourth-order valence-corrected chi connectivity index (χ4v) is 2.83. The number of methoxy groups -OCH3 is 1. The monoisotopic (exact) mass is 344 g/mol. The number of nitrogens with zero attached hydrogens (tertiary/aromatic N) is 2. The summed E-state index contributed by atoms with van der Waals surface area (Å²) in [5.74, 6) is -1.31. The molecule has 124 valence electrons. The van der Waals surface area contributed by atoms with Crippen molar-refractivity contribution in [1.82, 2.24) is 4.98 Å². The first-order valence-electron chi connectivity index (χ1n) is 7.16. The van der Waals surface area contributed by atoms with Gasteiger partial charge in [0.05, 0.1) is 19.6 Å². The second kappa shape index (κ2) is 8.22. The van der Waals surface area contributed by atoms with Gasteiger partial charge in [0.2, 0.25) is 0 Å². The summed E-state index contributed by atoms with van der Waals surface area (Å²) < 4.78 is 10.0. The molecule has 0 aliphatic heterocycles. The lowest BCUT2D eigenvalue weighted by atomic mass is 10.1. The van der Waals surface area contributed by atoms with Crippen LogP contribution in [0.25, 0.3) is 0 Å². The average molecular weight is 344 g/mol. The van der Waals surface area contributed by atoms with Gasteiger partial charge < -0.3 is 9.47 Å². The molecule has 1 atom stereocenters. The number of Topliss-reactive ketones (excluding diaryl/α,β-unsaturated/α-hetero) is 1. The molecule has 6 nitrogen and oxygen atoms in total. The second-order valence-corrected chi connectivity index (χ2v) is 5.93. The summed E-state index contributed by atoms with van der Waals surface area (Å²) in [6.45, 7) is 1.35. The minimum atomic E-state index is -1.00. The quantitative estimate of drug-likeness (QED) is 0.717. The van der Waals surface area contributed by atoms with Crippen LogP contribution in [0.5, 0.6) is 5.75 Å². The Labute approximate surface area is 143 Å². The molecule has 0 unspecified atom stereocenters. The molecule has 1 aromatic carbocycles. The van der Waals surface area contributed by atoms with Gasteiger partial charge in [0.1, 0.15) is 10.8 Å². The molecule has 7 heteroatoms. The zero-order chi connectivity index (χ0) is 17.5. The molecule has 0 aliphatic rings. The van der Waals surface area contributed by atoms with Crippen LogP contribution in [0.4, 0.5) is 0 Å². The number of esters is 1. The third kappa shape index (κ3) is 4.64. The summed E-state index contributed by atoms with van der Waals surface area (Å²) in [5, 5.41) is 11.3. The van der Waals surface area contributed by atoms with Crippen LogP contribution in [0.1, 0.15) is 22.2 Å². The molecule has 2 rings (SSSR count). The third-order valence-corrected chi connectivity index (χ3v) is 4.25. The minimum Gasteiger partial charge on any atom is -0.497 e. The highest BCUT2D eigenvalue weighted by Gasteiger charge is 2.24. The summed E-state index contributed by atoms with van der Waals surface area (Å²) >= 11 is 1.24. The zero-order valence-corrected chi connectivity index (χ0v) is 14.1. The van der Waals surface area contributed by atoms with E-state index < -0.39 is 24.3 Å². The molecule has 0 N–H and O–H groups in total. The lowest BCUT2D eigenvalue weighted by Gasteiger charge is -2.07. The predicted octanol–water partition coefficient (Wildman–Crippen LogP) is 2.42. The van der Waals surface area contributed by atoms with Crippen LogP contribution >= 0.6 is 11.3 Å². The van der Waals surface area contributed by atoms with E-state index in [1.54, 1.807) is 43.7 Å². The SMILES string of the molecule is COc1ccc(CC(=O)OCC(=O)[C@@H](C#N)c2nc(C)cs2)cc1. The summed E-state index contributed by atoms with van der Waals surface area (Å²) in [5.41, 5.74) is 1.50. The van der Waals surface area contributed by atoms with E-state index in [-0.39, 0.29) is 6.42 Å². The van der Waals surface area contributed by atoms with Crippen LogP contribution in [-0.4, -0.2) is 30.5 Å². The maximum atomic E-state index is 12.1. The molecular weight excluding hydrogens is 328 g/mol. The zero-order valence-electron chi connectivity index (χ0n) is 13.3. The Hall–Kier alpha value is -2.72. The lowest BCUT2D eigenvalue weighted by Crippen LogP contribution is -2.20. The number of ether oxygens (including phenoxy) is 2. The van der Waals surface area contributed by atoms with E-state index in [1.807, 2.05) is 6.07 Å². The number of aromatic nitrogens is 1. The molecule has 0 amide bonds. The first-order valence-corrected chi connectivity index (χ1v) is 8.04. The van der Waals surface area contributed by atoms with Crippen LogP contribution in [-0.2, 0) is 20.7 Å². The number of benzene rings is 1. The van der Waals surface area contributed by atoms with Crippen molar-refractivity contribution in [3.8, 4) is 11.8 Å². The van der Waals surface area contributed by atoms with Crippen molar-refractivity contribution >= 4 is 23.1 Å². The number of rotatable bonds is 7. The van der Waals surface area contributed by atoms with Gasteiger partial charge in [-0.1, -0.05) is 12.1 Å². The molecule has 0 radical (unpaired) electrons. The second-order valence-electron chi connectivity index (χ2n) is 5.04. The van der Waals surface area contributed by atoms with Crippen molar-refractivity contribution in [3.05, 3.63) is 45.9 Å². The molecule has 24 heavy (non-hydrogen) atoms. The summed E-state index contributed by atoms with van der Waals surface area (Å²) in [6.07, 6.45) is 0.0465. The Morgan fingerprint density at radius 1 is 1.33 bits per heavy atom. The third-order valence-electron chi connectivity index (χ3n) is 3.22. The van der Waals surface area contributed by atoms with E-state index in [1.165, 1.54) is 11.3 Å². The van der Waals surface area contributed by atoms with Crippen LogP contribution in [0.3, 0.4) is 0 Å². The molecule has 0 saturated carbocycles. The molecule has 0 aliphatic carbocycles. The molecule has 0 saturated heterocycles. The van der Waals surface area contributed by atoms with Gasteiger partial charge in [0.15, 0.2) is 18.3 Å². The highest BCUT2D eigenvalue weighted by atomic mass is 32.1. The van der Waals surface area contributed by atoms with E-state index in [9.17, 15) is 9.59 Å². The van der Waals surface area contributed by atoms with E-state index in [4.69, 9.17) is 14.7 Å². The molecule has 2 aromatic rings. The molecule has 0 bridgehead atoms. The number of thiazole rings is 1. The van der Waals surface area contributed by atoms with Gasteiger partial charge in [-0.15, -0.1) is 11.3 Å². The van der Waals surface area contributed by atoms with E-state index in [0.717, 1.165) is 11.3 Å². The maximum Gasteiger partial charge on any atom is 0.310 e. The topological polar surface area (TPSA) is 89.3 Å². The fraction of sp³-hybridized carbons (Fsp3) is 0.294. The van der Waals surface area contributed by atoms with Crippen molar-refractivity contribution in [2.45, 2.75) is 19.3 Å². The average Bonchev–Trinajstić information content (AvgIpc) is 3.00. The first-order chi connectivity index (χ1) is 11.5. The Kier molecular flexibility index (Phi) is 6.04. The largest absolute Gasteiger partial charge is 0.497 e. The standard InChI is InChI=1S/C17H16N2O4S/c1-11-10-24-17(19-11)14(8-18)15(20)9-23-16(21)7-12-3-5-13(22-2)6-4-12/h3-6,10,14H,7,9H2,1-2H3/t14-/m1/s1. The van der Waals surface area contributed by atoms with Gasteiger partial charge in [-0.05, 0) is 24.6 Å². The Balaban J connectivity index is 1.88. The molecular formula is C17H16N2O4S. The highest BCUT2D eigenvalue weighted by molar-refractivity contribution is 7.09. The van der Waals surface area contributed by atoms with E-state index in [0.29, 0.717) is 10.8 Å². The first kappa shape index (κ1) is 17.6. The van der Waals surface area contributed by atoms with Crippen molar-refractivity contribution < 1.29 is 19.1 Å². The maximum absolute atomic E-state index is 12.1. The van der Waals surface area contributed by atoms with Gasteiger partial charge in [0, 0.05) is 11.1 Å². The number of hydrogen-bond donors (Lipinski definition) is 0. The predicted molar refractivity (Wildman–Crippen MR) is 87.9 cm³/mol. The Bertz CT molecular complexity index is 762. The van der Waals surface area contributed by atoms with Crippen molar-refractivity contribution in [2.75, 3.05) is 13.7 Å². The number of carbonyl (C=O) groups is 2. The number of carbonyl (C=O) groups excluding carboxylic acids is 2. The van der Waals surface area contributed by atoms with Gasteiger partial charge >= 0.3 is 5.97 Å². The van der Waals surface area contributed by atoms with Crippen LogP contribution in [0.2, 0.25) is 0 Å². The summed E-state index contributed by atoms with van der Waals surface area (Å²) in [4.78, 5) is 28.0.